The third-order valence-corrected chi connectivity index (χ3v) is 12.2. The van der Waals surface area contributed by atoms with Crippen molar-refractivity contribution in [1.29, 1.82) is 0 Å². The third-order valence-electron chi connectivity index (χ3n) is 12.2. The summed E-state index contributed by atoms with van der Waals surface area (Å²) >= 11 is 0. The molecule has 3 aliphatic rings. The Morgan fingerprint density at radius 1 is 0.942 bits per heavy atom. The molecule has 0 bridgehead atoms. The summed E-state index contributed by atoms with van der Waals surface area (Å²) in [7, 11) is 7.12. The molecule has 3 rings (SSSR count). The van der Waals surface area contributed by atoms with Crippen LogP contribution in [0.25, 0.3) is 0 Å². The fraction of sp³-hybridized carbons (Fsp3) is 0.974. The van der Waals surface area contributed by atoms with Crippen molar-refractivity contribution in [3.05, 3.63) is 0 Å². The van der Waals surface area contributed by atoms with Crippen LogP contribution in [0, 0.1) is 17.8 Å². The van der Waals surface area contributed by atoms with Gasteiger partial charge in [0.05, 0.1) is 41.5 Å². The van der Waals surface area contributed by atoms with Crippen LogP contribution in [0.4, 0.5) is 0 Å². The van der Waals surface area contributed by atoms with E-state index in [2.05, 4.69) is 0 Å². The van der Waals surface area contributed by atoms with Gasteiger partial charge in [0.2, 0.25) is 0 Å². The molecule has 52 heavy (non-hydrogen) atoms. The zero-order chi connectivity index (χ0) is 39.7. The molecule has 0 aromatic rings. The monoisotopic (exact) mass is 749 g/mol. The van der Waals surface area contributed by atoms with Gasteiger partial charge in [0.15, 0.2) is 12.6 Å². The van der Waals surface area contributed by atoms with Gasteiger partial charge < -0.3 is 63.8 Å². The molecule has 14 nitrogen and oxygen atoms in total. The van der Waals surface area contributed by atoms with E-state index in [4.69, 9.17) is 28.4 Å². The lowest BCUT2D eigenvalue weighted by molar-refractivity contribution is -0.318. The van der Waals surface area contributed by atoms with E-state index in [1.807, 2.05) is 51.7 Å². The maximum Gasteiger partial charge on any atom is 0.311 e. The Morgan fingerprint density at radius 3 is 2.12 bits per heavy atom. The second-order valence-corrected chi connectivity index (χ2v) is 17.2. The lowest BCUT2D eigenvalue weighted by Gasteiger charge is -2.48. The quantitative estimate of drug-likeness (QED) is 0.238. The molecule has 18 atom stereocenters. The number of cyclic esters (lactones) is 1. The number of rotatable bonds is 7. The van der Waals surface area contributed by atoms with Crippen LogP contribution in [0.1, 0.15) is 94.9 Å². The lowest BCUT2D eigenvalue weighted by atomic mass is 9.77. The van der Waals surface area contributed by atoms with Crippen LogP contribution < -0.4 is 0 Å². The van der Waals surface area contributed by atoms with Crippen molar-refractivity contribution in [3.63, 3.8) is 0 Å². The van der Waals surface area contributed by atoms with Gasteiger partial charge in [0.1, 0.15) is 30.0 Å². The summed E-state index contributed by atoms with van der Waals surface area (Å²) in [5, 5.41) is 58.1. The van der Waals surface area contributed by atoms with E-state index in [1.54, 1.807) is 41.5 Å². The Labute approximate surface area is 312 Å². The number of likely N-dealkylation sites (N-methyl/N-ethyl adjacent to an activating group) is 2. The Kier molecular flexibility index (Phi) is 15.6. The van der Waals surface area contributed by atoms with Gasteiger partial charge in [-0.2, -0.15) is 0 Å². The first-order chi connectivity index (χ1) is 23.9. The fourth-order valence-corrected chi connectivity index (χ4v) is 8.74. The predicted molar refractivity (Wildman–Crippen MR) is 194 cm³/mol. The van der Waals surface area contributed by atoms with Gasteiger partial charge in [0.25, 0.3) is 0 Å². The van der Waals surface area contributed by atoms with Gasteiger partial charge >= 0.3 is 5.97 Å². The Balaban J connectivity index is 2.17. The number of carbonyl (C=O) groups is 1. The minimum atomic E-state index is -1.80. The maximum atomic E-state index is 14.2. The van der Waals surface area contributed by atoms with Crippen molar-refractivity contribution < 1.29 is 58.7 Å². The van der Waals surface area contributed by atoms with Gasteiger partial charge in [0, 0.05) is 38.1 Å². The molecule has 0 spiro atoms. The van der Waals surface area contributed by atoms with Crippen LogP contribution in [-0.2, 0) is 33.2 Å². The molecule has 3 aliphatic heterocycles. The Hall–Kier alpha value is -1.01. The molecule has 0 saturated carbocycles. The standard InChI is InChI=1S/C38H72N2O12/c1-15-27-38(10,46)31(42)24(6)40(13)19-20(2)17-36(8,45)33(52-35-29(41)26(39(11)12)16-21(3)48-35)22(4)30(23(5)34(44)50-27)51-28-18-37(9,47-14)32(43)25(7)49-28/h20-33,35,41-43,45-46H,15-19H2,1-14H3/t20-,21-,22+,23-,24-,25-,26+,27-,28-,29-,30+,31-,32-,33-,35-,36-,37+,38-/m1/s1. The van der Waals surface area contributed by atoms with Crippen molar-refractivity contribution in [3.8, 4) is 0 Å². The molecular formula is C38H72N2O12. The first kappa shape index (κ1) is 45.4. The van der Waals surface area contributed by atoms with Crippen LogP contribution in [0.2, 0.25) is 0 Å². The van der Waals surface area contributed by atoms with E-state index in [-0.39, 0.29) is 37.3 Å². The highest BCUT2D eigenvalue weighted by Crippen LogP contribution is 2.40. The molecule has 14 heteroatoms. The summed E-state index contributed by atoms with van der Waals surface area (Å²) in [4.78, 5) is 18.0. The normalized spacial score (nSPS) is 49.6. The molecular weight excluding hydrogens is 676 g/mol. The van der Waals surface area contributed by atoms with Crippen LogP contribution in [0.15, 0.2) is 0 Å². The van der Waals surface area contributed by atoms with Gasteiger partial charge in [-0.3, -0.25) is 4.79 Å². The van der Waals surface area contributed by atoms with E-state index in [0.29, 0.717) is 13.0 Å². The summed E-state index contributed by atoms with van der Waals surface area (Å²) in [6.07, 6.45) is -8.19. The topological polar surface area (TPSA) is 180 Å². The molecule has 0 aliphatic carbocycles. The van der Waals surface area contributed by atoms with Crippen LogP contribution in [0.3, 0.4) is 0 Å². The van der Waals surface area contributed by atoms with Crippen LogP contribution >= 0.6 is 0 Å². The smallest absolute Gasteiger partial charge is 0.311 e. The third kappa shape index (κ3) is 10.0. The summed E-state index contributed by atoms with van der Waals surface area (Å²) in [6, 6.07) is -0.808. The van der Waals surface area contributed by atoms with Gasteiger partial charge in [-0.15, -0.1) is 0 Å². The van der Waals surface area contributed by atoms with Gasteiger partial charge in [-0.25, -0.2) is 0 Å². The maximum absolute atomic E-state index is 14.2. The lowest BCUT2D eigenvalue weighted by Crippen LogP contribution is -2.60. The number of aliphatic hydroxyl groups excluding tert-OH is 3. The number of aliphatic hydroxyl groups is 5. The van der Waals surface area contributed by atoms with Gasteiger partial charge in [-0.05, 0) is 94.8 Å². The molecule has 306 valence electrons. The number of ether oxygens (including phenoxy) is 6. The number of hydrogen-bond donors (Lipinski definition) is 5. The van der Waals surface area contributed by atoms with Crippen molar-refractivity contribution in [2.45, 2.75) is 185 Å². The van der Waals surface area contributed by atoms with Crippen molar-refractivity contribution in [2.24, 2.45) is 17.8 Å². The highest BCUT2D eigenvalue weighted by molar-refractivity contribution is 5.73. The van der Waals surface area contributed by atoms with E-state index < -0.39 is 96.0 Å². The minimum Gasteiger partial charge on any atom is -0.459 e. The van der Waals surface area contributed by atoms with E-state index >= 15 is 0 Å². The first-order valence-corrected chi connectivity index (χ1v) is 19.1. The average Bonchev–Trinajstić information content (AvgIpc) is 3.05. The summed E-state index contributed by atoms with van der Waals surface area (Å²) in [6.45, 7) is 18.0. The second-order valence-electron chi connectivity index (χ2n) is 17.2. The highest BCUT2D eigenvalue weighted by Gasteiger charge is 2.52. The molecule has 0 amide bonds. The molecule has 0 unspecified atom stereocenters. The molecule has 0 aromatic heterocycles. The number of methoxy groups -OCH3 is 1. The zero-order valence-corrected chi connectivity index (χ0v) is 34.2. The van der Waals surface area contributed by atoms with Crippen LogP contribution in [-0.4, -0.2) is 166 Å². The molecule has 0 radical (unpaired) electrons. The first-order valence-electron chi connectivity index (χ1n) is 19.1. The second kappa shape index (κ2) is 17.8. The Morgan fingerprint density at radius 2 is 1.56 bits per heavy atom. The van der Waals surface area contributed by atoms with E-state index in [9.17, 15) is 30.3 Å². The predicted octanol–water partition coefficient (Wildman–Crippen LogP) is 1.90. The number of nitrogens with zero attached hydrogens (tertiary/aromatic N) is 2. The van der Waals surface area contributed by atoms with Crippen molar-refractivity contribution in [2.75, 3.05) is 34.8 Å². The summed E-state index contributed by atoms with van der Waals surface area (Å²) in [5.74, 6) is -2.58. The molecule has 3 heterocycles. The number of hydrogen-bond acceptors (Lipinski definition) is 14. The zero-order valence-electron chi connectivity index (χ0n) is 34.2. The fourth-order valence-electron chi connectivity index (χ4n) is 8.74. The summed E-state index contributed by atoms with van der Waals surface area (Å²) in [5.41, 5.74) is -4.37. The summed E-state index contributed by atoms with van der Waals surface area (Å²) < 4.78 is 37.5. The number of esters is 1. The SMILES string of the molecule is CC[C@H]1OC(=O)[C@H](C)[C@@H](O[C@@H]2C[C@](C)(OC)[C@H](O)[C@@H](C)O2)[C@H](C)[C@@H](O[C@H]2O[C@H](C)C[C@H](N(C)C)[C@H]2O)[C@](C)(O)C[C@@H](C)CN(C)[C@H](C)[C@@H](O)[C@]1(C)O. The Bertz CT molecular complexity index is 1140. The van der Waals surface area contributed by atoms with Crippen molar-refractivity contribution in [1.82, 2.24) is 9.80 Å². The largest absolute Gasteiger partial charge is 0.459 e. The average molecular weight is 749 g/mol. The van der Waals surface area contributed by atoms with E-state index in [1.165, 1.54) is 14.0 Å². The highest BCUT2D eigenvalue weighted by atomic mass is 16.7. The molecule has 5 N–H and O–H groups in total. The minimum absolute atomic E-state index is 0.133. The number of carbonyl (C=O) groups excluding carboxylic acids is 1. The van der Waals surface area contributed by atoms with Crippen molar-refractivity contribution >= 4 is 5.97 Å². The van der Waals surface area contributed by atoms with Gasteiger partial charge in [-0.1, -0.05) is 20.8 Å². The van der Waals surface area contributed by atoms with Crippen LogP contribution in [0.5, 0.6) is 0 Å². The molecule has 3 saturated heterocycles. The molecule has 3 fully saturated rings. The van der Waals surface area contributed by atoms with E-state index in [0.717, 1.165) is 0 Å². The molecule has 0 aromatic carbocycles.